The van der Waals surface area contributed by atoms with Crippen molar-refractivity contribution in [2.24, 2.45) is 0 Å². The zero-order valence-electron chi connectivity index (χ0n) is 34.5. The SMILES string of the molecule is c1ccc(-c2nc(-c3ccc(-c4nc5ccccc5c5c(-c6ccccc6)c6c(cc45)oc4ccccc46)cc3)cc(-c3cccc(-n4c5ccccc5c5ccccc54)c3)n2)cc1. The van der Waals surface area contributed by atoms with Crippen molar-refractivity contribution in [3.63, 3.8) is 0 Å². The molecular formula is C59H36N4O. The Morgan fingerprint density at radius 2 is 0.922 bits per heavy atom. The fraction of sp³-hybridized carbons (Fsp3) is 0. The highest BCUT2D eigenvalue weighted by molar-refractivity contribution is 6.27. The van der Waals surface area contributed by atoms with E-state index in [9.17, 15) is 0 Å². The minimum atomic E-state index is 0.671. The number of hydrogen-bond acceptors (Lipinski definition) is 4. The van der Waals surface area contributed by atoms with E-state index in [2.05, 4.69) is 199 Å². The molecule has 4 aromatic heterocycles. The third-order valence-corrected chi connectivity index (χ3v) is 12.6. The van der Waals surface area contributed by atoms with Gasteiger partial charge in [0.25, 0.3) is 0 Å². The summed E-state index contributed by atoms with van der Waals surface area (Å²) in [4.78, 5) is 15.8. The molecule has 13 aromatic rings. The Hall–Kier alpha value is -8.67. The Morgan fingerprint density at radius 1 is 0.344 bits per heavy atom. The van der Waals surface area contributed by atoms with Crippen LogP contribution in [-0.4, -0.2) is 19.5 Å². The summed E-state index contributed by atoms with van der Waals surface area (Å²) < 4.78 is 8.97. The van der Waals surface area contributed by atoms with Gasteiger partial charge in [0.2, 0.25) is 0 Å². The zero-order valence-corrected chi connectivity index (χ0v) is 34.5. The number of nitrogens with zero attached hydrogens (tertiary/aromatic N) is 4. The van der Waals surface area contributed by atoms with Crippen LogP contribution in [0, 0.1) is 0 Å². The van der Waals surface area contributed by atoms with Gasteiger partial charge in [0, 0.05) is 71.2 Å². The van der Waals surface area contributed by atoms with E-state index in [0.717, 1.165) is 99.8 Å². The fourth-order valence-corrected chi connectivity index (χ4v) is 9.69. The van der Waals surface area contributed by atoms with Crippen LogP contribution >= 0.6 is 0 Å². The van der Waals surface area contributed by atoms with Gasteiger partial charge in [-0.3, -0.25) is 0 Å². The predicted molar refractivity (Wildman–Crippen MR) is 264 cm³/mol. The molecule has 0 aliphatic rings. The minimum absolute atomic E-state index is 0.671. The van der Waals surface area contributed by atoms with Crippen LogP contribution in [0.5, 0.6) is 0 Å². The van der Waals surface area contributed by atoms with Crippen LogP contribution in [0.15, 0.2) is 223 Å². The molecule has 0 bridgehead atoms. The molecule has 4 heterocycles. The lowest BCUT2D eigenvalue weighted by Gasteiger charge is -2.16. The normalized spacial score (nSPS) is 11.8. The molecule has 0 aliphatic carbocycles. The van der Waals surface area contributed by atoms with Gasteiger partial charge in [0.05, 0.1) is 33.6 Å². The van der Waals surface area contributed by atoms with Crippen LogP contribution < -0.4 is 0 Å². The number of hydrogen-bond donors (Lipinski definition) is 0. The summed E-state index contributed by atoms with van der Waals surface area (Å²) in [7, 11) is 0. The topological polar surface area (TPSA) is 56.7 Å². The van der Waals surface area contributed by atoms with E-state index in [1.807, 2.05) is 24.3 Å². The highest BCUT2D eigenvalue weighted by Crippen LogP contribution is 2.46. The van der Waals surface area contributed by atoms with Crippen molar-refractivity contribution in [1.29, 1.82) is 0 Å². The van der Waals surface area contributed by atoms with Crippen LogP contribution in [0.3, 0.4) is 0 Å². The lowest BCUT2D eigenvalue weighted by atomic mass is 9.89. The minimum Gasteiger partial charge on any atom is -0.456 e. The van der Waals surface area contributed by atoms with Gasteiger partial charge < -0.3 is 8.98 Å². The van der Waals surface area contributed by atoms with Gasteiger partial charge in [-0.2, -0.15) is 0 Å². The maximum Gasteiger partial charge on any atom is 0.160 e. The Bertz CT molecular complexity index is 3890. The second-order valence-electron chi connectivity index (χ2n) is 16.3. The lowest BCUT2D eigenvalue weighted by molar-refractivity contribution is 0.669. The molecule has 0 aliphatic heterocycles. The average Bonchev–Trinajstić information content (AvgIpc) is 3.92. The zero-order chi connectivity index (χ0) is 42.1. The molecule has 64 heavy (non-hydrogen) atoms. The largest absolute Gasteiger partial charge is 0.456 e. The van der Waals surface area contributed by atoms with Crippen LogP contribution in [0.25, 0.3) is 127 Å². The van der Waals surface area contributed by atoms with Crippen LogP contribution in [0.4, 0.5) is 0 Å². The van der Waals surface area contributed by atoms with Gasteiger partial charge in [-0.1, -0.05) is 170 Å². The van der Waals surface area contributed by atoms with Crippen LogP contribution in [0.1, 0.15) is 0 Å². The molecule has 0 amide bonds. The van der Waals surface area contributed by atoms with Gasteiger partial charge in [-0.15, -0.1) is 0 Å². The maximum absolute atomic E-state index is 6.62. The van der Waals surface area contributed by atoms with E-state index in [1.54, 1.807) is 0 Å². The number of fused-ring (bicyclic) bond motifs is 9. The molecule has 0 atom stereocenters. The fourth-order valence-electron chi connectivity index (χ4n) is 9.69. The molecule has 0 unspecified atom stereocenters. The smallest absolute Gasteiger partial charge is 0.160 e. The molecule has 0 radical (unpaired) electrons. The van der Waals surface area contributed by atoms with Crippen molar-refractivity contribution >= 4 is 65.4 Å². The summed E-state index contributed by atoms with van der Waals surface area (Å²) in [6.45, 7) is 0. The summed E-state index contributed by atoms with van der Waals surface area (Å²) in [5.74, 6) is 0.671. The quantitative estimate of drug-likeness (QED) is 0.157. The van der Waals surface area contributed by atoms with Crippen molar-refractivity contribution in [3.05, 3.63) is 218 Å². The van der Waals surface area contributed by atoms with Crippen molar-refractivity contribution in [3.8, 4) is 62.0 Å². The number of pyridine rings is 1. The standard InChI is InChI=1S/C59H36N4O/c1-3-16-38(17-4-1)55-56-45-24-7-11-26-48(45)60-58(47(56)35-54-57(55)46-25-10-14-29-53(46)64-54)39-32-30-37(31-33-39)49-36-50(62-59(61-49)40-18-5-2-6-19-40)41-20-15-21-42(34-41)63-51-27-12-8-22-43(51)44-23-9-13-28-52(44)63/h1-36H. The molecular weight excluding hydrogens is 781 g/mol. The third-order valence-electron chi connectivity index (χ3n) is 12.6. The maximum atomic E-state index is 6.62. The Labute approximate surface area is 368 Å². The molecule has 0 spiro atoms. The molecule has 9 aromatic carbocycles. The van der Waals surface area contributed by atoms with Crippen LogP contribution in [-0.2, 0) is 0 Å². The van der Waals surface area contributed by atoms with Gasteiger partial charge in [0.15, 0.2) is 5.82 Å². The van der Waals surface area contributed by atoms with E-state index in [0.29, 0.717) is 5.82 Å². The number of benzene rings is 9. The summed E-state index contributed by atoms with van der Waals surface area (Å²) in [6.07, 6.45) is 0. The first-order valence-electron chi connectivity index (χ1n) is 21.6. The van der Waals surface area contributed by atoms with Crippen molar-refractivity contribution in [2.75, 3.05) is 0 Å². The monoisotopic (exact) mass is 816 g/mol. The molecule has 5 heteroatoms. The lowest BCUT2D eigenvalue weighted by Crippen LogP contribution is -1.98. The first-order chi connectivity index (χ1) is 31.7. The summed E-state index contributed by atoms with van der Waals surface area (Å²) >= 11 is 0. The Balaban J connectivity index is 0.978. The van der Waals surface area contributed by atoms with E-state index in [4.69, 9.17) is 19.4 Å². The van der Waals surface area contributed by atoms with Crippen LogP contribution in [0.2, 0.25) is 0 Å². The van der Waals surface area contributed by atoms with E-state index in [1.165, 1.54) is 21.8 Å². The first-order valence-corrected chi connectivity index (χ1v) is 21.6. The summed E-state index contributed by atoms with van der Waals surface area (Å²) in [5, 5.41) is 7.97. The first kappa shape index (κ1) is 36.0. The second-order valence-corrected chi connectivity index (χ2v) is 16.3. The third kappa shape index (κ3) is 5.75. The average molecular weight is 817 g/mol. The number of rotatable bonds is 6. The highest BCUT2D eigenvalue weighted by atomic mass is 16.3. The number of furan rings is 1. The molecule has 13 rings (SSSR count). The molecule has 5 nitrogen and oxygen atoms in total. The molecule has 0 fully saturated rings. The molecule has 298 valence electrons. The van der Waals surface area contributed by atoms with Crippen molar-refractivity contribution < 1.29 is 4.42 Å². The molecule has 0 saturated heterocycles. The Morgan fingerprint density at radius 3 is 1.66 bits per heavy atom. The predicted octanol–water partition coefficient (Wildman–Crippen LogP) is 15.5. The highest BCUT2D eigenvalue weighted by Gasteiger charge is 2.22. The molecule has 0 N–H and O–H groups in total. The summed E-state index contributed by atoms with van der Waals surface area (Å²) in [6, 6.07) is 76.5. The van der Waals surface area contributed by atoms with Gasteiger partial charge in [-0.25, -0.2) is 15.0 Å². The van der Waals surface area contributed by atoms with E-state index in [-0.39, 0.29) is 0 Å². The van der Waals surface area contributed by atoms with Crippen molar-refractivity contribution in [1.82, 2.24) is 19.5 Å². The van der Waals surface area contributed by atoms with E-state index >= 15 is 0 Å². The number of aromatic nitrogens is 4. The second kappa shape index (κ2) is 14.5. The van der Waals surface area contributed by atoms with Gasteiger partial charge >= 0.3 is 0 Å². The van der Waals surface area contributed by atoms with E-state index < -0.39 is 0 Å². The molecule has 0 saturated carbocycles. The van der Waals surface area contributed by atoms with Gasteiger partial charge in [-0.05, 0) is 54.1 Å². The summed E-state index contributed by atoms with van der Waals surface area (Å²) in [5.41, 5.74) is 14.9. The van der Waals surface area contributed by atoms with Gasteiger partial charge in [0.1, 0.15) is 11.2 Å². The Kier molecular flexibility index (Phi) is 8.15. The van der Waals surface area contributed by atoms with Crippen molar-refractivity contribution in [2.45, 2.75) is 0 Å². The number of para-hydroxylation sites is 4.